The highest BCUT2D eigenvalue weighted by Gasteiger charge is 2.16. The molecule has 0 saturated heterocycles. The molecule has 1 aromatic carbocycles. The molecule has 0 saturated carbocycles. The van der Waals surface area contributed by atoms with Crippen LogP contribution in [0.1, 0.15) is 12.6 Å². The fourth-order valence-corrected chi connectivity index (χ4v) is 3.44. The van der Waals surface area contributed by atoms with E-state index in [0.717, 1.165) is 0 Å². The van der Waals surface area contributed by atoms with Gasteiger partial charge < -0.3 is 29.8 Å². The number of benzene rings is 1. The van der Waals surface area contributed by atoms with Crippen LogP contribution < -0.4 is 20.1 Å². The predicted octanol–water partition coefficient (Wildman–Crippen LogP) is 1.01. The molecule has 10 heteroatoms. The van der Waals surface area contributed by atoms with Crippen LogP contribution in [0.15, 0.2) is 29.6 Å². The third-order valence-electron chi connectivity index (χ3n) is 3.90. The van der Waals surface area contributed by atoms with Crippen LogP contribution in [0.2, 0.25) is 0 Å². The number of aromatic nitrogens is 2. The Morgan fingerprint density at radius 2 is 2.04 bits per heavy atom. The van der Waals surface area contributed by atoms with Crippen molar-refractivity contribution in [3.05, 3.63) is 30.1 Å². The van der Waals surface area contributed by atoms with E-state index in [-0.39, 0.29) is 30.7 Å². The van der Waals surface area contributed by atoms with E-state index in [1.54, 1.807) is 22.8 Å². The largest absolute Gasteiger partial charge is 0.486 e. The Morgan fingerprint density at radius 3 is 2.79 bits per heavy atom. The number of imidazole rings is 1. The van der Waals surface area contributed by atoms with E-state index in [0.29, 0.717) is 47.8 Å². The summed E-state index contributed by atoms with van der Waals surface area (Å²) in [6.45, 7) is 3.13. The smallest absolute Gasteiger partial charge is 0.240 e. The summed E-state index contributed by atoms with van der Waals surface area (Å²) >= 11 is 1.19. The molecule has 2 aromatic rings. The lowest BCUT2D eigenvalue weighted by Crippen LogP contribution is -2.28. The Balaban J connectivity index is 1.60. The van der Waals surface area contributed by atoms with Gasteiger partial charge in [-0.3, -0.25) is 9.59 Å². The van der Waals surface area contributed by atoms with Crippen LogP contribution in [0.25, 0.3) is 0 Å². The number of fused-ring (bicyclic) bond motifs is 1. The molecule has 2 heterocycles. The fraction of sp³-hybridized carbons (Fsp3) is 0.389. The lowest BCUT2D eigenvalue weighted by atomic mass is 10.2. The summed E-state index contributed by atoms with van der Waals surface area (Å²) in [7, 11) is 0. The van der Waals surface area contributed by atoms with Gasteiger partial charge in [-0.05, 0) is 19.1 Å². The van der Waals surface area contributed by atoms with Gasteiger partial charge in [0.2, 0.25) is 11.8 Å². The third-order valence-corrected chi connectivity index (χ3v) is 4.89. The zero-order valence-corrected chi connectivity index (χ0v) is 16.3. The lowest BCUT2D eigenvalue weighted by Gasteiger charge is -2.19. The molecule has 0 unspecified atom stereocenters. The predicted molar refractivity (Wildman–Crippen MR) is 104 cm³/mol. The minimum Gasteiger partial charge on any atom is -0.486 e. The van der Waals surface area contributed by atoms with Crippen LogP contribution in [0, 0.1) is 0 Å². The number of aliphatic hydroxyl groups is 1. The molecule has 1 aromatic heterocycles. The van der Waals surface area contributed by atoms with Crippen LogP contribution in [-0.2, 0) is 22.7 Å². The first kappa shape index (κ1) is 20.0. The van der Waals surface area contributed by atoms with Crippen LogP contribution in [0.4, 0.5) is 5.69 Å². The number of rotatable bonds is 8. The second-order valence-electron chi connectivity index (χ2n) is 5.93. The molecule has 0 bridgehead atoms. The van der Waals surface area contributed by atoms with E-state index in [1.807, 2.05) is 6.92 Å². The highest BCUT2D eigenvalue weighted by atomic mass is 32.2. The quantitative estimate of drug-likeness (QED) is 0.561. The first-order valence-corrected chi connectivity index (χ1v) is 9.83. The van der Waals surface area contributed by atoms with Gasteiger partial charge in [0.25, 0.3) is 0 Å². The Kier molecular flexibility index (Phi) is 6.77. The Bertz CT molecular complexity index is 854. The van der Waals surface area contributed by atoms with Crippen molar-refractivity contribution in [2.45, 2.75) is 25.2 Å². The first-order valence-electron chi connectivity index (χ1n) is 8.85. The number of amides is 2. The van der Waals surface area contributed by atoms with Crippen molar-refractivity contribution in [1.29, 1.82) is 0 Å². The van der Waals surface area contributed by atoms with Gasteiger partial charge >= 0.3 is 0 Å². The number of likely N-dealkylation sites (N-methyl/N-ethyl adjacent to an activating group) is 1. The molecule has 150 valence electrons. The minimum atomic E-state index is -0.240. The molecule has 0 radical (unpaired) electrons. The number of carbonyl (C=O) groups excluding carboxylic acids is 2. The molecule has 9 nitrogen and oxygen atoms in total. The Hall–Kier alpha value is -2.72. The molecule has 1 aliphatic heterocycles. The van der Waals surface area contributed by atoms with Crippen LogP contribution >= 0.6 is 11.8 Å². The van der Waals surface area contributed by atoms with Crippen LogP contribution in [-0.4, -0.2) is 52.0 Å². The maximum Gasteiger partial charge on any atom is 0.240 e. The first-order chi connectivity index (χ1) is 13.6. The van der Waals surface area contributed by atoms with Gasteiger partial charge in [-0.2, -0.15) is 0 Å². The average molecular weight is 406 g/mol. The number of thioether (sulfide) groups is 1. The third kappa shape index (κ3) is 4.96. The number of ether oxygens (including phenoxy) is 2. The van der Waals surface area contributed by atoms with E-state index in [1.165, 1.54) is 18.0 Å². The van der Waals surface area contributed by atoms with E-state index in [2.05, 4.69) is 15.6 Å². The van der Waals surface area contributed by atoms with Crippen molar-refractivity contribution in [1.82, 2.24) is 14.9 Å². The topological polar surface area (TPSA) is 115 Å². The Morgan fingerprint density at radius 1 is 1.25 bits per heavy atom. The van der Waals surface area contributed by atoms with Gasteiger partial charge in [0, 0.05) is 18.3 Å². The number of nitrogens with one attached hydrogen (secondary N) is 2. The summed E-state index contributed by atoms with van der Waals surface area (Å²) in [5.74, 6) is 0.952. The van der Waals surface area contributed by atoms with Gasteiger partial charge in [-0.15, -0.1) is 0 Å². The highest BCUT2D eigenvalue weighted by Crippen LogP contribution is 2.32. The van der Waals surface area contributed by atoms with Gasteiger partial charge in [0.15, 0.2) is 16.7 Å². The normalized spacial score (nSPS) is 12.5. The maximum atomic E-state index is 12.3. The molecular weight excluding hydrogens is 384 g/mol. The molecule has 0 atom stereocenters. The molecule has 2 amide bonds. The van der Waals surface area contributed by atoms with Gasteiger partial charge in [0.05, 0.1) is 24.3 Å². The minimum absolute atomic E-state index is 0.0375. The van der Waals surface area contributed by atoms with Gasteiger partial charge in [-0.25, -0.2) is 4.98 Å². The molecule has 3 rings (SSSR count). The molecular formula is C18H22N4O5S. The fourth-order valence-electron chi connectivity index (χ4n) is 2.65. The van der Waals surface area contributed by atoms with Crippen molar-refractivity contribution in [3.8, 4) is 11.5 Å². The van der Waals surface area contributed by atoms with Crippen molar-refractivity contribution in [2.24, 2.45) is 0 Å². The summed E-state index contributed by atoms with van der Waals surface area (Å²) in [6, 6.07) is 5.22. The number of nitrogens with zero attached hydrogens (tertiary/aromatic N) is 2. The molecule has 3 N–H and O–H groups in total. The number of aliphatic hydroxyl groups excluding tert-OH is 1. The second kappa shape index (κ2) is 9.47. The molecule has 1 aliphatic rings. The van der Waals surface area contributed by atoms with Crippen molar-refractivity contribution in [3.63, 3.8) is 0 Å². The van der Waals surface area contributed by atoms with Crippen molar-refractivity contribution >= 4 is 29.3 Å². The number of carbonyl (C=O) groups is 2. The van der Waals surface area contributed by atoms with E-state index < -0.39 is 0 Å². The summed E-state index contributed by atoms with van der Waals surface area (Å²) < 4.78 is 12.6. The SMILES string of the molecule is CCNC(=O)Cn1c(CO)cnc1SCC(=O)Nc1ccc2c(c1)OCCO2. The summed E-state index contributed by atoms with van der Waals surface area (Å²) in [5.41, 5.74) is 1.12. The lowest BCUT2D eigenvalue weighted by molar-refractivity contribution is -0.121. The zero-order valence-electron chi connectivity index (χ0n) is 15.4. The summed E-state index contributed by atoms with van der Waals surface area (Å²) in [6.07, 6.45) is 1.50. The zero-order chi connectivity index (χ0) is 19.9. The maximum absolute atomic E-state index is 12.3. The number of hydrogen-bond donors (Lipinski definition) is 3. The average Bonchev–Trinajstić information content (AvgIpc) is 3.08. The van der Waals surface area contributed by atoms with Gasteiger partial charge in [-0.1, -0.05) is 11.8 Å². The van der Waals surface area contributed by atoms with E-state index >= 15 is 0 Å². The highest BCUT2D eigenvalue weighted by molar-refractivity contribution is 7.99. The van der Waals surface area contributed by atoms with Crippen molar-refractivity contribution < 1.29 is 24.2 Å². The standard InChI is InChI=1S/C18H22N4O5S/c1-2-19-16(24)9-22-13(10-23)8-20-18(22)28-11-17(25)21-12-3-4-14-15(7-12)27-6-5-26-14/h3-4,7-8,23H,2,5-6,9-11H2,1H3,(H,19,24)(H,21,25). The van der Waals surface area contributed by atoms with Crippen LogP contribution in [0.3, 0.4) is 0 Å². The summed E-state index contributed by atoms with van der Waals surface area (Å²) in [5, 5.41) is 15.4. The second-order valence-corrected chi connectivity index (χ2v) is 6.87. The molecule has 28 heavy (non-hydrogen) atoms. The number of hydrogen-bond acceptors (Lipinski definition) is 7. The van der Waals surface area contributed by atoms with E-state index in [4.69, 9.17) is 9.47 Å². The monoisotopic (exact) mass is 406 g/mol. The molecule has 0 spiro atoms. The number of anilines is 1. The van der Waals surface area contributed by atoms with Gasteiger partial charge in [0.1, 0.15) is 19.8 Å². The molecule has 0 fully saturated rings. The molecule has 0 aliphatic carbocycles. The van der Waals surface area contributed by atoms with Crippen molar-refractivity contribution in [2.75, 3.05) is 30.8 Å². The van der Waals surface area contributed by atoms with E-state index in [9.17, 15) is 14.7 Å². The Labute approximate surface area is 166 Å². The summed E-state index contributed by atoms with van der Waals surface area (Å²) in [4.78, 5) is 28.4. The van der Waals surface area contributed by atoms with Crippen LogP contribution in [0.5, 0.6) is 11.5 Å².